The summed E-state index contributed by atoms with van der Waals surface area (Å²) in [6, 6.07) is 9.71. The predicted octanol–water partition coefficient (Wildman–Crippen LogP) is 1.88. The lowest BCUT2D eigenvalue weighted by Crippen LogP contribution is -2.50. The molecule has 1 aliphatic heterocycles. The van der Waals surface area contributed by atoms with E-state index in [2.05, 4.69) is 4.98 Å². The van der Waals surface area contributed by atoms with Crippen LogP contribution in [-0.2, 0) is 11.3 Å². The zero-order chi connectivity index (χ0) is 24.9. The number of aryl methyl sites for hydroxylation is 1. The number of phenolic OH excluding ortho intramolecular Hbond substituents is 1. The molecule has 0 bridgehead atoms. The van der Waals surface area contributed by atoms with Crippen LogP contribution in [0.1, 0.15) is 23.2 Å². The maximum atomic E-state index is 12.9. The number of carbonyl (C=O) groups is 2. The highest BCUT2D eigenvalue weighted by Crippen LogP contribution is 2.29. The van der Waals surface area contributed by atoms with Crippen molar-refractivity contribution in [1.82, 2.24) is 19.4 Å². The van der Waals surface area contributed by atoms with Crippen molar-refractivity contribution in [1.29, 1.82) is 0 Å². The van der Waals surface area contributed by atoms with E-state index in [-0.39, 0.29) is 35.1 Å². The average molecular weight is 481 g/mol. The van der Waals surface area contributed by atoms with Crippen LogP contribution in [0.15, 0.2) is 47.5 Å². The van der Waals surface area contributed by atoms with E-state index in [4.69, 9.17) is 9.47 Å². The Morgan fingerprint density at radius 3 is 2.34 bits per heavy atom. The highest BCUT2D eigenvalue weighted by molar-refractivity contribution is 5.97. The van der Waals surface area contributed by atoms with Gasteiger partial charge in [0.1, 0.15) is 5.75 Å². The van der Waals surface area contributed by atoms with Crippen molar-refractivity contribution in [3.05, 3.63) is 58.6 Å². The predicted molar refractivity (Wildman–Crippen MR) is 129 cm³/mol. The first kappa shape index (κ1) is 24.1. The van der Waals surface area contributed by atoms with E-state index in [0.717, 1.165) is 0 Å². The molecule has 0 atom stereocenters. The van der Waals surface area contributed by atoms with Crippen LogP contribution in [0.5, 0.6) is 17.2 Å². The number of aromatic nitrogens is 2. The van der Waals surface area contributed by atoms with Gasteiger partial charge >= 0.3 is 0 Å². The molecule has 0 radical (unpaired) electrons. The Morgan fingerprint density at radius 2 is 1.66 bits per heavy atom. The number of aromatic hydroxyl groups is 1. The van der Waals surface area contributed by atoms with Crippen LogP contribution in [0.3, 0.4) is 0 Å². The maximum absolute atomic E-state index is 12.9. The van der Waals surface area contributed by atoms with Crippen molar-refractivity contribution < 1.29 is 24.2 Å². The van der Waals surface area contributed by atoms with Crippen LogP contribution >= 0.6 is 0 Å². The number of amides is 2. The highest BCUT2D eigenvalue weighted by Gasteiger charge is 2.25. The van der Waals surface area contributed by atoms with Crippen LogP contribution in [-0.4, -0.2) is 76.7 Å². The number of piperazine rings is 1. The van der Waals surface area contributed by atoms with E-state index in [1.165, 1.54) is 31.2 Å². The van der Waals surface area contributed by atoms with Crippen molar-refractivity contribution in [2.75, 3.05) is 40.4 Å². The fourth-order valence-electron chi connectivity index (χ4n) is 4.19. The lowest BCUT2D eigenvalue weighted by atomic mass is 10.1. The van der Waals surface area contributed by atoms with Crippen LogP contribution < -0.4 is 15.0 Å². The summed E-state index contributed by atoms with van der Waals surface area (Å²) in [6.45, 7) is 2.01. The number of carbonyl (C=O) groups excluding carboxylic acids is 2. The summed E-state index contributed by atoms with van der Waals surface area (Å²) in [5, 5.41) is 10.3. The molecule has 0 aliphatic carbocycles. The van der Waals surface area contributed by atoms with Crippen LogP contribution in [0.2, 0.25) is 0 Å². The molecule has 1 aliphatic rings. The first-order valence-corrected chi connectivity index (χ1v) is 11.4. The minimum absolute atomic E-state index is 0.0205. The quantitative estimate of drug-likeness (QED) is 0.549. The first-order valence-electron chi connectivity index (χ1n) is 11.4. The molecule has 4 rings (SSSR count). The number of para-hydroxylation sites is 1. The lowest BCUT2D eigenvalue weighted by Gasteiger charge is -2.35. The fraction of sp³-hybridized carbons (Fsp3) is 0.360. The van der Waals surface area contributed by atoms with E-state index >= 15 is 0 Å². The summed E-state index contributed by atoms with van der Waals surface area (Å²) in [7, 11) is 3.03. The molecule has 0 unspecified atom stereocenters. The second-order valence-corrected chi connectivity index (χ2v) is 8.26. The van der Waals surface area contributed by atoms with Gasteiger partial charge in [-0.2, -0.15) is 0 Å². The molecule has 3 aromatic rings. The smallest absolute Gasteiger partial charge is 0.261 e. The molecule has 1 saturated heterocycles. The minimum Gasteiger partial charge on any atom is -0.507 e. The van der Waals surface area contributed by atoms with E-state index < -0.39 is 0 Å². The Kier molecular flexibility index (Phi) is 7.19. The first-order chi connectivity index (χ1) is 16.9. The minimum atomic E-state index is -0.243. The third-order valence-electron chi connectivity index (χ3n) is 6.17. The van der Waals surface area contributed by atoms with E-state index in [1.54, 1.807) is 40.1 Å². The summed E-state index contributed by atoms with van der Waals surface area (Å²) in [5.41, 5.74) is 0.564. The third-order valence-corrected chi connectivity index (χ3v) is 6.17. The van der Waals surface area contributed by atoms with Crippen molar-refractivity contribution in [3.63, 3.8) is 0 Å². The van der Waals surface area contributed by atoms with E-state index in [9.17, 15) is 19.5 Å². The van der Waals surface area contributed by atoms with Crippen LogP contribution in [0, 0.1) is 0 Å². The van der Waals surface area contributed by atoms with Crippen LogP contribution in [0.25, 0.3) is 10.9 Å². The molecule has 0 saturated carbocycles. The van der Waals surface area contributed by atoms with Gasteiger partial charge in [-0.3, -0.25) is 19.0 Å². The summed E-state index contributed by atoms with van der Waals surface area (Å²) in [6.07, 6.45) is 2.24. The second-order valence-electron chi connectivity index (χ2n) is 8.26. The number of methoxy groups -OCH3 is 2. The Labute approximate surface area is 202 Å². The van der Waals surface area contributed by atoms with Gasteiger partial charge in [-0.25, -0.2) is 4.98 Å². The molecule has 2 heterocycles. The summed E-state index contributed by atoms with van der Waals surface area (Å²) in [4.78, 5) is 45.9. The molecule has 184 valence electrons. The normalized spacial score (nSPS) is 13.7. The molecule has 1 N–H and O–H groups in total. The zero-order valence-corrected chi connectivity index (χ0v) is 19.8. The number of rotatable bonds is 7. The number of hydrogen-bond acceptors (Lipinski definition) is 7. The average Bonchev–Trinajstić information content (AvgIpc) is 2.89. The van der Waals surface area contributed by atoms with Crippen molar-refractivity contribution in [2.24, 2.45) is 0 Å². The van der Waals surface area contributed by atoms with E-state index in [1.807, 2.05) is 0 Å². The SMILES string of the molecule is COc1cc2ncn(CCCC(=O)N3CCN(C(=O)c4ccccc4O)CC3)c(=O)c2cc1OC. The molecule has 2 amide bonds. The summed E-state index contributed by atoms with van der Waals surface area (Å²) < 4.78 is 12.0. The van der Waals surface area contributed by atoms with Crippen molar-refractivity contribution in [3.8, 4) is 17.2 Å². The van der Waals surface area contributed by atoms with Gasteiger partial charge in [-0.05, 0) is 24.6 Å². The van der Waals surface area contributed by atoms with Crippen molar-refractivity contribution in [2.45, 2.75) is 19.4 Å². The number of hydrogen-bond donors (Lipinski definition) is 1. The summed E-state index contributed by atoms with van der Waals surface area (Å²) >= 11 is 0. The van der Waals surface area contributed by atoms with Crippen LogP contribution in [0.4, 0.5) is 0 Å². The molecule has 1 aromatic heterocycles. The molecule has 1 fully saturated rings. The molecular formula is C25H28N4O6. The topological polar surface area (TPSA) is 114 Å². The number of nitrogens with zero attached hydrogens (tertiary/aromatic N) is 4. The van der Waals surface area contributed by atoms with Gasteiger partial charge in [-0.15, -0.1) is 0 Å². The van der Waals surface area contributed by atoms with Gasteiger partial charge in [0.15, 0.2) is 11.5 Å². The number of phenols is 1. The lowest BCUT2D eigenvalue weighted by molar-refractivity contribution is -0.132. The number of fused-ring (bicyclic) bond motifs is 1. The third kappa shape index (κ3) is 5.06. The monoisotopic (exact) mass is 480 g/mol. The molecular weight excluding hydrogens is 452 g/mol. The van der Waals surface area contributed by atoms with Gasteiger partial charge in [0.05, 0.1) is 37.0 Å². The highest BCUT2D eigenvalue weighted by atomic mass is 16.5. The summed E-state index contributed by atoms with van der Waals surface area (Å²) in [5.74, 6) is 0.636. The van der Waals surface area contributed by atoms with Gasteiger partial charge < -0.3 is 24.4 Å². The number of ether oxygens (including phenoxy) is 2. The number of benzene rings is 2. The van der Waals surface area contributed by atoms with Gasteiger partial charge in [0, 0.05) is 45.2 Å². The van der Waals surface area contributed by atoms with Gasteiger partial charge in [-0.1, -0.05) is 12.1 Å². The maximum Gasteiger partial charge on any atom is 0.261 e. The zero-order valence-electron chi connectivity index (χ0n) is 19.8. The Bertz CT molecular complexity index is 1300. The Hall–Kier alpha value is -4.08. The molecule has 35 heavy (non-hydrogen) atoms. The molecule has 10 nitrogen and oxygen atoms in total. The van der Waals surface area contributed by atoms with Crippen molar-refractivity contribution >= 4 is 22.7 Å². The molecule has 10 heteroatoms. The largest absolute Gasteiger partial charge is 0.507 e. The molecule has 2 aromatic carbocycles. The Morgan fingerprint density at radius 1 is 1.00 bits per heavy atom. The Balaban J connectivity index is 1.32. The second kappa shape index (κ2) is 10.5. The molecule has 0 spiro atoms. The van der Waals surface area contributed by atoms with Gasteiger partial charge in [0.2, 0.25) is 5.91 Å². The van der Waals surface area contributed by atoms with Gasteiger partial charge in [0.25, 0.3) is 11.5 Å². The fourth-order valence-corrected chi connectivity index (χ4v) is 4.19. The van der Waals surface area contributed by atoms with E-state index in [0.29, 0.717) is 61.5 Å². The standard InChI is InChI=1S/C25H28N4O6/c1-34-21-14-18-19(15-22(21)35-2)26-16-29(25(18)33)9-5-8-23(31)27-10-12-28(13-11-27)24(32)17-6-3-4-7-20(17)30/h3-4,6-7,14-16,30H,5,8-13H2,1-2H3.